The van der Waals surface area contributed by atoms with Crippen LogP contribution in [0.25, 0.3) is 21.9 Å². The van der Waals surface area contributed by atoms with Gasteiger partial charge in [-0.05, 0) is 41.1 Å². The van der Waals surface area contributed by atoms with E-state index in [1.165, 1.54) is 6.07 Å². The average Bonchev–Trinajstić information content (AvgIpc) is 2.72. The van der Waals surface area contributed by atoms with Crippen LogP contribution >= 0.6 is 0 Å². The van der Waals surface area contributed by atoms with Crippen LogP contribution in [0.4, 0.5) is 5.69 Å². The number of amides is 1. The first-order chi connectivity index (χ1) is 14.3. The number of esters is 1. The first kappa shape index (κ1) is 20.7. The van der Waals surface area contributed by atoms with Crippen molar-refractivity contribution in [1.29, 1.82) is 0 Å². The molecule has 3 aromatic carbocycles. The molecule has 1 amide bonds. The van der Waals surface area contributed by atoms with Crippen molar-refractivity contribution in [2.75, 3.05) is 5.32 Å². The number of anilines is 1. The highest BCUT2D eigenvalue weighted by Gasteiger charge is 2.20. The summed E-state index contributed by atoms with van der Waals surface area (Å²) in [6, 6.07) is 15.9. The molecule has 3 rings (SSSR count). The summed E-state index contributed by atoms with van der Waals surface area (Å²) in [7, 11) is 0. The van der Waals surface area contributed by atoms with Crippen LogP contribution in [0.5, 0.6) is 5.75 Å². The lowest BCUT2D eigenvalue weighted by Crippen LogP contribution is -2.26. The maximum absolute atomic E-state index is 12.1. The van der Waals surface area contributed by atoms with Crippen molar-refractivity contribution in [3.63, 3.8) is 0 Å². The Kier molecular flexibility index (Phi) is 5.92. The molecule has 0 aliphatic carbocycles. The number of nitrogens with one attached hydrogen (secondary N) is 1. The molecule has 3 aromatic rings. The Labute approximate surface area is 173 Å². The number of carbonyl (C=O) groups excluding carboxylic acids is 2. The second-order valence-electron chi connectivity index (χ2n) is 6.71. The number of benzene rings is 3. The predicted octanol–water partition coefficient (Wildman–Crippen LogP) is 4.07. The van der Waals surface area contributed by atoms with Crippen molar-refractivity contribution < 1.29 is 24.5 Å². The number of carbonyl (C=O) groups is 2. The number of nitrogens with two attached hydrogens (primary N) is 1. The van der Waals surface area contributed by atoms with E-state index in [0.717, 1.165) is 10.8 Å². The lowest BCUT2D eigenvalue weighted by Gasteiger charge is -2.19. The normalized spacial score (nSPS) is 11.6. The zero-order valence-corrected chi connectivity index (χ0v) is 16.4. The van der Waals surface area contributed by atoms with Crippen LogP contribution in [0.15, 0.2) is 66.9 Å². The Morgan fingerprint density at radius 3 is 2.57 bits per heavy atom. The first-order valence-corrected chi connectivity index (χ1v) is 9.32. The molecular formula is C23H22N2O5. The van der Waals surface area contributed by atoms with E-state index in [0.29, 0.717) is 23.2 Å². The molecule has 0 saturated heterocycles. The minimum absolute atomic E-state index is 0.0286. The third kappa shape index (κ3) is 4.20. The van der Waals surface area contributed by atoms with Crippen LogP contribution < -0.4 is 11.1 Å². The van der Waals surface area contributed by atoms with Crippen LogP contribution in [0.1, 0.15) is 23.7 Å². The van der Waals surface area contributed by atoms with E-state index in [4.69, 9.17) is 15.6 Å². The van der Waals surface area contributed by atoms with Gasteiger partial charge in [0.1, 0.15) is 5.75 Å². The Balaban J connectivity index is 2.07. The number of aliphatic hydroxyl groups excluding tert-OH is 1. The predicted molar refractivity (Wildman–Crippen MR) is 115 cm³/mol. The minimum atomic E-state index is -0.916. The number of phenols is 1. The molecule has 0 fully saturated rings. The van der Waals surface area contributed by atoms with Crippen molar-refractivity contribution >= 4 is 28.3 Å². The van der Waals surface area contributed by atoms with Crippen LogP contribution in [0.2, 0.25) is 0 Å². The first-order valence-electron chi connectivity index (χ1n) is 9.32. The van der Waals surface area contributed by atoms with Crippen molar-refractivity contribution in [2.24, 2.45) is 5.73 Å². The molecular weight excluding hydrogens is 384 g/mol. The highest BCUT2D eigenvalue weighted by molar-refractivity contribution is 6.11. The summed E-state index contributed by atoms with van der Waals surface area (Å²) < 4.78 is 5.15. The van der Waals surface area contributed by atoms with Gasteiger partial charge in [0, 0.05) is 17.7 Å². The Bertz CT molecular complexity index is 1140. The summed E-state index contributed by atoms with van der Waals surface area (Å²) in [6.45, 7) is 4.96. The minimum Gasteiger partial charge on any atom is -0.507 e. The van der Waals surface area contributed by atoms with Gasteiger partial charge in [0.25, 0.3) is 5.91 Å². The molecule has 0 saturated carbocycles. The van der Waals surface area contributed by atoms with Gasteiger partial charge in [0.2, 0.25) is 0 Å². The summed E-state index contributed by atoms with van der Waals surface area (Å²) in [5.41, 5.74) is 7.36. The van der Waals surface area contributed by atoms with E-state index in [2.05, 4.69) is 11.9 Å². The van der Waals surface area contributed by atoms with Gasteiger partial charge in [-0.15, -0.1) is 0 Å². The number of primary amides is 1. The van der Waals surface area contributed by atoms with Crippen molar-refractivity contribution in [2.45, 2.75) is 19.6 Å². The van der Waals surface area contributed by atoms with E-state index in [9.17, 15) is 14.7 Å². The molecule has 0 aliphatic rings. The lowest BCUT2D eigenvalue weighted by atomic mass is 9.92. The maximum Gasteiger partial charge on any atom is 0.374 e. The summed E-state index contributed by atoms with van der Waals surface area (Å²) in [4.78, 5) is 23.7. The van der Waals surface area contributed by atoms with Gasteiger partial charge in [0.05, 0.1) is 5.56 Å². The number of fused-ring (bicyclic) bond motifs is 1. The smallest absolute Gasteiger partial charge is 0.374 e. The van der Waals surface area contributed by atoms with Crippen molar-refractivity contribution in [1.82, 2.24) is 0 Å². The standard InChI is InChI=1S/C23H22N2O5/c1-3-19(30-23(29)13(2)26)25-16-9-6-8-15(11-16)20-17-10-5-4-7-14(17)12-18(27)21(20)22(24)28/h4-12,19,25-27H,2-3H2,1H3,(H2,24,28). The quantitative estimate of drug-likeness (QED) is 0.203. The van der Waals surface area contributed by atoms with Crippen LogP contribution in [-0.2, 0) is 9.53 Å². The van der Waals surface area contributed by atoms with Gasteiger partial charge in [-0.1, -0.05) is 43.3 Å². The van der Waals surface area contributed by atoms with Crippen molar-refractivity contribution in [3.8, 4) is 16.9 Å². The molecule has 1 atom stereocenters. The molecule has 1 unspecified atom stereocenters. The zero-order chi connectivity index (χ0) is 21.8. The summed E-state index contributed by atoms with van der Waals surface area (Å²) in [5.74, 6) is -2.54. The van der Waals surface area contributed by atoms with Crippen LogP contribution in [0, 0.1) is 0 Å². The molecule has 0 aromatic heterocycles. The van der Waals surface area contributed by atoms with Crippen LogP contribution in [0.3, 0.4) is 0 Å². The number of aromatic hydroxyl groups is 1. The van der Waals surface area contributed by atoms with Gasteiger partial charge in [-0.2, -0.15) is 0 Å². The summed E-state index contributed by atoms with van der Waals surface area (Å²) >= 11 is 0. The Morgan fingerprint density at radius 2 is 1.90 bits per heavy atom. The zero-order valence-electron chi connectivity index (χ0n) is 16.4. The molecule has 30 heavy (non-hydrogen) atoms. The molecule has 0 spiro atoms. The molecule has 5 N–H and O–H groups in total. The van der Waals surface area contributed by atoms with E-state index >= 15 is 0 Å². The Morgan fingerprint density at radius 1 is 1.17 bits per heavy atom. The van der Waals surface area contributed by atoms with E-state index in [1.54, 1.807) is 24.3 Å². The SMILES string of the molecule is C=C(O)C(=O)OC(CC)Nc1cccc(-c2c(C(N)=O)c(O)cc3ccccc23)c1. The fraction of sp³-hybridized carbons (Fsp3) is 0.130. The molecule has 0 heterocycles. The number of rotatable bonds is 7. The fourth-order valence-electron chi connectivity index (χ4n) is 3.24. The number of ether oxygens (including phenoxy) is 1. The third-order valence-corrected chi connectivity index (χ3v) is 4.61. The van der Waals surface area contributed by atoms with Gasteiger partial charge in [-0.25, -0.2) is 4.79 Å². The lowest BCUT2D eigenvalue weighted by molar-refractivity contribution is -0.146. The van der Waals surface area contributed by atoms with Gasteiger partial charge in [-0.3, -0.25) is 4.79 Å². The fourth-order valence-corrected chi connectivity index (χ4v) is 3.24. The topological polar surface area (TPSA) is 122 Å². The maximum atomic E-state index is 12.1. The molecule has 7 nitrogen and oxygen atoms in total. The monoisotopic (exact) mass is 406 g/mol. The second kappa shape index (κ2) is 8.57. The molecule has 7 heteroatoms. The summed E-state index contributed by atoms with van der Waals surface area (Å²) in [6.07, 6.45) is -0.265. The summed E-state index contributed by atoms with van der Waals surface area (Å²) in [5, 5.41) is 24.2. The Hall–Kier alpha value is -4.00. The highest BCUT2D eigenvalue weighted by Crippen LogP contribution is 2.38. The number of hydrogen-bond donors (Lipinski definition) is 4. The largest absolute Gasteiger partial charge is 0.507 e. The highest BCUT2D eigenvalue weighted by atomic mass is 16.6. The van der Waals surface area contributed by atoms with E-state index in [-0.39, 0.29) is 11.3 Å². The van der Waals surface area contributed by atoms with Gasteiger partial charge < -0.3 is 26.0 Å². The average molecular weight is 406 g/mol. The van der Waals surface area contributed by atoms with Gasteiger partial charge in [0.15, 0.2) is 12.0 Å². The van der Waals surface area contributed by atoms with E-state index < -0.39 is 23.9 Å². The van der Waals surface area contributed by atoms with Crippen LogP contribution in [-0.4, -0.2) is 28.3 Å². The molecule has 0 radical (unpaired) electrons. The van der Waals surface area contributed by atoms with Gasteiger partial charge >= 0.3 is 5.97 Å². The van der Waals surface area contributed by atoms with Crippen molar-refractivity contribution in [3.05, 3.63) is 72.5 Å². The third-order valence-electron chi connectivity index (χ3n) is 4.61. The molecule has 0 aliphatic heterocycles. The second-order valence-corrected chi connectivity index (χ2v) is 6.71. The molecule has 154 valence electrons. The molecule has 0 bridgehead atoms. The van der Waals surface area contributed by atoms with E-state index in [1.807, 2.05) is 31.2 Å². The number of hydrogen-bond acceptors (Lipinski definition) is 6. The number of aliphatic hydroxyl groups is 1.